The summed E-state index contributed by atoms with van der Waals surface area (Å²) in [5, 5.41) is 45.4. The molecule has 0 aliphatic rings. The molecule has 37 heavy (non-hydrogen) atoms. The highest BCUT2D eigenvalue weighted by molar-refractivity contribution is 5.94. The Morgan fingerprint density at radius 1 is 0.811 bits per heavy atom. The summed E-state index contributed by atoms with van der Waals surface area (Å²) < 4.78 is 0. The predicted molar refractivity (Wildman–Crippen MR) is 132 cm³/mol. The van der Waals surface area contributed by atoms with Crippen LogP contribution in [0.3, 0.4) is 0 Å². The number of hydrogen-bond acceptors (Lipinski definition) is 8. The van der Waals surface area contributed by atoms with Gasteiger partial charge >= 0.3 is 5.97 Å². The minimum atomic E-state index is -1.56. The summed E-state index contributed by atoms with van der Waals surface area (Å²) in [6.07, 6.45) is -1.32. The minimum Gasteiger partial charge on any atom is -0.508 e. The van der Waals surface area contributed by atoms with Crippen molar-refractivity contribution >= 4 is 23.7 Å². The number of aliphatic hydroxyl groups excluding tert-OH is 2. The number of carbonyl (C=O) groups excluding carboxylic acids is 3. The Labute approximate surface area is 213 Å². The van der Waals surface area contributed by atoms with Gasteiger partial charge in [-0.3, -0.25) is 14.4 Å². The van der Waals surface area contributed by atoms with E-state index in [1.807, 2.05) is 6.07 Å². The van der Waals surface area contributed by atoms with Crippen molar-refractivity contribution < 1.29 is 39.6 Å². The lowest BCUT2D eigenvalue weighted by molar-refractivity contribution is -0.142. The molecule has 0 radical (unpaired) electrons. The molecule has 2 rings (SSSR count). The number of aromatic hydroxyl groups is 1. The van der Waals surface area contributed by atoms with Crippen molar-refractivity contribution in [2.75, 3.05) is 6.61 Å². The van der Waals surface area contributed by atoms with Gasteiger partial charge in [0, 0.05) is 6.42 Å². The van der Waals surface area contributed by atoms with Crippen molar-refractivity contribution in [2.45, 2.75) is 50.0 Å². The maximum atomic E-state index is 12.8. The van der Waals surface area contributed by atoms with Crippen LogP contribution in [0.4, 0.5) is 0 Å². The second-order valence-corrected chi connectivity index (χ2v) is 8.54. The molecule has 9 N–H and O–H groups in total. The van der Waals surface area contributed by atoms with E-state index in [0.29, 0.717) is 5.56 Å². The second kappa shape index (κ2) is 13.9. The van der Waals surface area contributed by atoms with Crippen LogP contribution >= 0.6 is 0 Å². The first-order valence-corrected chi connectivity index (χ1v) is 11.5. The highest BCUT2D eigenvalue weighted by atomic mass is 16.4. The number of carboxylic acids is 1. The fourth-order valence-corrected chi connectivity index (χ4v) is 3.42. The van der Waals surface area contributed by atoms with Gasteiger partial charge < -0.3 is 42.1 Å². The van der Waals surface area contributed by atoms with Crippen LogP contribution < -0.4 is 21.7 Å². The van der Waals surface area contributed by atoms with Gasteiger partial charge in [-0.1, -0.05) is 42.5 Å². The summed E-state index contributed by atoms with van der Waals surface area (Å²) in [5.41, 5.74) is 7.23. The average Bonchev–Trinajstić information content (AvgIpc) is 2.86. The summed E-state index contributed by atoms with van der Waals surface area (Å²) in [4.78, 5) is 49.6. The molecule has 200 valence electrons. The van der Waals surface area contributed by atoms with Crippen molar-refractivity contribution in [3.8, 4) is 5.75 Å². The van der Waals surface area contributed by atoms with Crippen LogP contribution in [-0.4, -0.2) is 81.0 Å². The van der Waals surface area contributed by atoms with Gasteiger partial charge in [-0.15, -0.1) is 0 Å². The molecular weight excluding hydrogens is 484 g/mol. The third kappa shape index (κ3) is 9.18. The lowest BCUT2D eigenvalue weighted by Gasteiger charge is -2.25. The number of benzene rings is 2. The second-order valence-electron chi connectivity index (χ2n) is 8.54. The molecule has 0 spiro atoms. The van der Waals surface area contributed by atoms with Gasteiger partial charge in [-0.25, -0.2) is 4.79 Å². The van der Waals surface area contributed by atoms with Gasteiger partial charge in [0.05, 0.1) is 18.8 Å². The number of carboxylic acid groups (broad SMARTS) is 1. The molecule has 0 aliphatic heterocycles. The average molecular weight is 517 g/mol. The maximum Gasteiger partial charge on any atom is 0.326 e. The number of phenols is 1. The first-order valence-electron chi connectivity index (χ1n) is 11.5. The zero-order valence-corrected chi connectivity index (χ0v) is 20.2. The monoisotopic (exact) mass is 516 g/mol. The summed E-state index contributed by atoms with van der Waals surface area (Å²) in [6.45, 7) is 0.372. The van der Waals surface area contributed by atoms with Crippen molar-refractivity contribution in [1.82, 2.24) is 16.0 Å². The molecule has 12 heteroatoms. The molecule has 0 fully saturated rings. The highest BCUT2D eigenvalue weighted by Crippen LogP contribution is 2.11. The molecular formula is C25H32N4O8. The van der Waals surface area contributed by atoms with Crippen molar-refractivity contribution in [3.63, 3.8) is 0 Å². The molecule has 5 atom stereocenters. The van der Waals surface area contributed by atoms with Crippen molar-refractivity contribution in [2.24, 2.45) is 5.73 Å². The lowest BCUT2D eigenvalue weighted by atomic mass is 10.0. The number of hydrogen-bond donors (Lipinski definition) is 8. The molecule has 3 amide bonds. The van der Waals surface area contributed by atoms with Crippen LogP contribution in [0.25, 0.3) is 0 Å². The Balaban J connectivity index is 2.01. The van der Waals surface area contributed by atoms with Crippen LogP contribution in [-0.2, 0) is 32.0 Å². The Morgan fingerprint density at radius 3 is 1.92 bits per heavy atom. The van der Waals surface area contributed by atoms with Gasteiger partial charge in [0.25, 0.3) is 0 Å². The van der Waals surface area contributed by atoms with Gasteiger partial charge in [0.1, 0.15) is 23.9 Å². The number of nitrogens with two attached hydrogens (primary N) is 1. The van der Waals surface area contributed by atoms with E-state index in [4.69, 9.17) is 5.73 Å². The molecule has 5 unspecified atom stereocenters. The van der Waals surface area contributed by atoms with E-state index in [1.54, 1.807) is 24.3 Å². The molecule has 0 heterocycles. The van der Waals surface area contributed by atoms with E-state index in [9.17, 15) is 39.6 Å². The fourth-order valence-electron chi connectivity index (χ4n) is 3.42. The molecule has 2 aromatic rings. The summed E-state index contributed by atoms with van der Waals surface area (Å²) in [6, 6.07) is 9.16. The van der Waals surface area contributed by atoms with Crippen LogP contribution in [0, 0.1) is 0 Å². The quantitative estimate of drug-likeness (QED) is 0.154. The van der Waals surface area contributed by atoms with Crippen molar-refractivity contribution in [1.29, 1.82) is 0 Å². The minimum absolute atomic E-state index is 0.0107. The highest BCUT2D eigenvalue weighted by Gasteiger charge is 2.32. The first-order chi connectivity index (χ1) is 17.5. The SMILES string of the molecule is CC(O)C(NC(=O)C(N)Cc1ccccc1)C(=O)NC(CO)C(=O)NC(Cc1ccc(O)cc1)C(=O)O. The zero-order chi connectivity index (χ0) is 27.5. The molecule has 0 saturated carbocycles. The third-order valence-electron chi connectivity index (χ3n) is 5.50. The van der Waals surface area contributed by atoms with E-state index < -0.39 is 60.6 Å². The molecule has 0 aromatic heterocycles. The predicted octanol–water partition coefficient (Wildman–Crippen LogP) is -1.58. The third-order valence-corrected chi connectivity index (χ3v) is 5.50. The number of nitrogens with one attached hydrogen (secondary N) is 3. The summed E-state index contributed by atoms with van der Waals surface area (Å²) >= 11 is 0. The van der Waals surface area contributed by atoms with Crippen molar-refractivity contribution in [3.05, 3.63) is 65.7 Å². The number of amides is 3. The number of aliphatic hydroxyl groups is 2. The number of phenolic OH excluding ortho intramolecular Hbond substituents is 1. The van der Waals surface area contributed by atoms with E-state index in [-0.39, 0.29) is 18.6 Å². The van der Waals surface area contributed by atoms with Gasteiger partial charge in [-0.05, 0) is 36.6 Å². The number of rotatable bonds is 13. The summed E-state index contributed by atoms with van der Waals surface area (Å²) in [5.74, 6) is -4.04. The molecule has 0 bridgehead atoms. The molecule has 0 saturated heterocycles. The topological polar surface area (TPSA) is 211 Å². The van der Waals surface area contributed by atoms with Gasteiger partial charge in [-0.2, -0.15) is 0 Å². The smallest absolute Gasteiger partial charge is 0.326 e. The van der Waals surface area contributed by atoms with Crippen LogP contribution in [0.15, 0.2) is 54.6 Å². The van der Waals surface area contributed by atoms with Crippen LogP contribution in [0.1, 0.15) is 18.1 Å². The summed E-state index contributed by atoms with van der Waals surface area (Å²) in [7, 11) is 0. The van der Waals surface area contributed by atoms with E-state index in [1.165, 1.54) is 31.2 Å². The molecule has 12 nitrogen and oxygen atoms in total. The maximum absolute atomic E-state index is 12.8. The normalized spacial score (nSPS) is 14.9. The Morgan fingerprint density at radius 2 is 1.38 bits per heavy atom. The van der Waals surface area contributed by atoms with Crippen LogP contribution in [0.2, 0.25) is 0 Å². The standard InChI is InChI=1S/C25H32N4O8/c1-14(31)21(29-22(33)18(26)11-15-5-3-2-4-6-15)24(35)28-20(13-30)23(34)27-19(25(36)37)12-16-7-9-17(32)10-8-16/h2-10,14,18-21,30-32H,11-13,26H2,1H3,(H,27,34)(H,28,35)(H,29,33)(H,36,37). The van der Waals surface area contributed by atoms with E-state index in [2.05, 4.69) is 16.0 Å². The molecule has 2 aromatic carbocycles. The van der Waals surface area contributed by atoms with E-state index in [0.717, 1.165) is 5.56 Å². The number of carbonyl (C=O) groups is 4. The lowest BCUT2D eigenvalue weighted by Crippen LogP contribution is -2.60. The Kier molecular flexibility index (Phi) is 11.0. The van der Waals surface area contributed by atoms with Gasteiger partial charge in [0.15, 0.2) is 0 Å². The zero-order valence-electron chi connectivity index (χ0n) is 20.2. The first kappa shape index (κ1) is 29.2. The van der Waals surface area contributed by atoms with Crippen LogP contribution in [0.5, 0.6) is 5.75 Å². The fraction of sp³-hybridized carbons (Fsp3) is 0.360. The Hall–Kier alpha value is -4.00. The molecule has 0 aliphatic carbocycles. The number of aliphatic carboxylic acids is 1. The largest absolute Gasteiger partial charge is 0.508 e. The van der Waals surface area contributed by atoms with E-state index >= 15 is 0 Å². The Bertz CT molecular complexity index is 1060. The van der Waals surface area contributed by atoms with Gasteiger partial charge in [0.2, 0.25) is 17.7 Å².